The molecule has 1 heterocycles. The largest absolute Gasteiger partial charge is 0.302 e. The van der Waals surface area contributed by atoms with E-state index in [9.17, 15) is 9.59 Å². The van der Waals surface area contributed by atoms with Crippen molar-refractivity contribution in [1.82, 2.24) is 10.2 Å². The summed E-state index contributed by atoms with van der Waals surface area (Å²) in [6, 6.07) is 0. The topological polar surface area (TPSA) is 49.4 Å². The summed E-state index contributed by atoms with van der Waals surface area (Å²) in [6.45, 7) is 0.335. The summed E-state index contributed by atoms with van der Waals surface area (Å²) < 4.78 is 0. The monoisotopic (exact) mass is 154 g/mol. The molecule has 0 aromatic heterocycles. The molecule has 0 spiro atoms. The van der Waals surface area contributed by atoms with Crippen LogP contribution in [0, 0.1) is 0 Å². The summed E-state index contributed by atoms with van der Waals surface area (Å²) in [7, 11) is 3.49. The third-order valence-electron chi connectivity index (χ3n) is 1.79. The summed E-state index contributed by atoms with van der Waals surface area (Å²) in [5.74, 6) is -0.267. The SMILES string of the molecule is BC1CC(=O)N(CNC)C1=O. The lowest BCUT2D eigenvalue weighted by Gasteiger charge is -2.12. The van der Waals surface area contributed by atoms with E-state index in [2.05, 4.69) is 5.32 Å². The molecule has 0 radical (unpaired) electrons. The summed E-state index contributed by atoms with van der Waals surface area (Å²) >= 11 is 0. The first-order valence-electron chi connectivity index (χ1n) is 3.65. The van der Waals surface area contributed by atoms with Gasteiger partial charge in [-0.05, 0) is 7.05 Å². The Bertz CT molecular complexity index is 195. The van der Waals surface area contributed by atoms with Gasteiger partial charge in [-0.1, -0.05) is 0 Å². The predicted octanol–water partition coefficient (Wildman–Crippen LogP) is -1.66. The third-order valence-corrected chi connectivity index (χ3v) is 1.79. The standard InChI is InChI=1S/C6H11BN2O2/c1-8-3-9-5(10)2-4(7)6(9)11/h4,8H,2-3,7H2,1H3. The lowest BCUT2D eigenvalue weighted by atomic mass is 9.86. The Morgan fingerprint density at radius 3 is 2.73 bits per heavy atom. The van der Waals surface area contributed by atoms with Crippen LogP contribution < -0.4 is 5.32 Å². The number of likely N-dealkylation sites (tertiary alicyclic amines) is 1. The van der Waals surface area contributed by atoms with Crippen LogP contribution in [0.2, 0.25) is 5.82 Å². The van der Waals surface area contributed by atoms with Crippen LogP contribution >= 0.6 is 0 Å². The third kappa shape index (κ3) is 1.43. The summed E-state index contributed by atoms with van der Waals surface area (Å²) in [5.41, 5.74) is 0. The number of nitrogens with zero attached hydrogens (tertiary/aromatic N) is 1. The Morgan fingerprint density at radius 1 is 1.73 bits per heavy atom. The molecular weight excluding hydrogens is 143 g/mol. The second-order valence-corrected chi connectivity index (χ2v) is 2.78. The molecule has 1 aliphatic rings. The quantitative estimate of drug-likeness (QED) is 0.382. The van der Waals surface area contributed by atoms with Gasteiger partial charge in [0, 0.05) is 12.2 Å². The molecule has 1 saturated heterocycles. The minimum Gasteiger partial charge on any atom is -0.302 e. The van der Waals surface area contributed by atoms with Gasteiger partial charge in [0.1, 0.15) is 7.85 Å². The number of carbonyl (C=O) groups is 2. The highest BCUT2D eigenvalue weighted by molar-refractivity contribution is 6.29. The van der Waals surface area contributed by atoms with Gasteiger partial charge in [0.2, 0.25) is 11.8 Å². The van der Waals surface area contributed by atoms with E-state index in [1.165, 1.54) is 4.90 Å². The maximum absolute atomic E-state index is 11.2. The molecule has 0 aliphatic carbocycles. The minimum absolute atomic E-state index is 0.0654. The van der Waals surface area contributed by atoms with Gasteiger partial charge in [-0.15, -0.1) is 0 Å². The van der Waals surface area contributed by atoms with Crippen LogP contribution in [0.4, 0.5) is 0 Å². The zero-order valence-electron chi connectivity index (χ0n) is 6.76. The van der Waals surface area contributed by atoms with E-state index < -0.39 is 0 Å². The Balaban J connectivity index is 2.64. The molecule has 1 N–H and O–H groups in total. The van der Waals surface area contributed by atoms with E-state index in [0.717, 1.165) is 0 Å². The van der Waals surface area contributed by atoms with Gasteiger partial charge in [0.15, 0.2) is 0 Å². The first-order valence-corrected chi connectivity index (χ1v) is 3.65. The lowest BCUT2D eigenvalue weighted by Crippen LogP contribution is -2.36. The van der Waals surface area contributed by atoms with E-state index in [-0.39, 0.29) is 17.6 Å². The molecule has 1 unspecified atom stereocenters. The minimum atomic E-state index is -0.129. The highest BCUT2D eigenvalue weighted by atomic mass is 16.2. The number of amides is 2. The van der Waals surface area contributed by atoms with Gasteiger partial charge in [-0.3, -0.25) is 14.5 Å². The molecule has 1 atom stereocenters. The van der Waals surface area contributed by atoms with Crippen LogP contribution in [0.3, 0.4) is 0 Å². The molecule has 4 nitrogen and oxygen atoms in total. The maximum Gasteiger partial charge on any atom is 0.230 e. The average molecular weight is 154 g/mol. The van der Waals surface area contributed by atoms with Crippen molar-refractivity contribution in [2.24, 2.45) is 0 Å². The average Bonchev–Trinajstić information content (AvgIpc) is 2.17. The van der Waals surface area contributed by atoms with Gasteiger partial charge >= 0.3 is 0 Å². The van der Waals surface area contributed by atoms with Crippen molar-refractivity contribution in [3.63, 3.8) is 0 Å². The second kappa shape index (κ2) is 3.05. The van der Waals surface area contributed by atoms with Crippen LogP contribution in [-0.4, -0.2) is 38.3 Å². The smallest absolute Gasteiger partial charge is 0.230 e. The normalized spacial score (nSPS) is 24.8. The molecule has 1 fully saturated rings. The Morgan fingerprint density at radius 2 is 2.36 bits per heavy atom. The number of carbonyl (C=O) groups excluding carboxylic acids is 2. The van der Waals surface area contributed by atoms with E-state index >= 15 is 0 Å². The van der Waals surface area contributed by atoms with Crippen LogP contribution in [0.1, 0.15) is 6.42 Å². The first kappa shape index (κ1) is 8.26. The maximum atomic E-state index is 11.2. The van der Waals surface area contributed by atoms with Gasteiger partial charge in [0.25, 0.3) is 0 Å². The fourth-order valence-corrected chi connectivity index (χ4v) is 1.17. The zero-order valence-corrected chi connectivity index (χ0v) is 6.76. The summed E-state index contributed by atoms with van der Waals surface area (Å²) in [6.07, 6.45) is 0.362. The number of nitrogens with one attached hydrogen (secondary N) is 1. The van der Waals surface area contributed by atoms with Gasteiger partial charge in [0.05, 0.1) is 6.67 Å². The molecule has 11 heavy (non-hydrogen) atoms. The van der Waals surface area contributed by atoms with E-state index in [1.54, 1.807) is 14.9 Å². The number of hydrogen-bond acceptors (Lipinski definition) is 3. The van der Waals surface area contributed by atoms with Crippen molar-refractivity contribution >= 4 is 19.7 Å². The van der Waals surface area contributed by atoms with E-state index in [4.69, 9.17) is 0 Å². The van der Waals surface area contributed by atoms with Crippen molar-refractivity contribution in [2.45, 2.75) is 12.2 Å². The van der Waals surface area contributed by atoms with Crippen molar-refractivity contribution < 1.29 is 9.59 Å². The van der Waals surface area contributed by atoms with Crippen LogP contribution in [0.25, 0.3) is 0 Å². The lowest BCUT2D eigenvalue weighted by molar-refractivity contribution is -0.138. The Labute approximate surface area is 66.3 Å². The zero-order chi connectivity index (χ0) is 8.43. The summed E-state index contributed by atoms with van der Waals surface area (Å²) in [4.78, 5) is 23.5. The fraction of sp³-hybridized carbons (Fsp3) is 0.667. The number of rotatable bonds is 2. The molecule has 2 amide bonds. The van der Waals surface area contributed by atoms with E-state index in [0.29, 0.717) is 13.1 Å². The first-order chi connectivity index (χ1) is 5.16. The van der Waals surface area contributed by atoms with E-state index in [1.807, 2.05) is 0 Å². The highest BCUT2D eigenvalue weighted by Gasteiger charge is 2.34. The van der Waals surface area contributed by atoms with Crippen LogP contribution in [-0.2, 0) is 9.59 Å². The Kier molecular flexibility index (Phi) is 2.29. The van der Waals surface area contributed by atoms with Crippen LogP contribution in [0.15, 0.2) is 0 Å². The van der Waals surface area contributed by atoms with Crippen molar-refractivity contribution in [3.8, 4) is 0 Å². The molecule has 0 saturated carbocycles. The molecule has 0 bridgehead atoms. The number of hydrogen-bond donors (Lipinski definition) is 1. The molecule has 60 valence electrons. The van der Waals surface area contributed by atoms with Crippen molar-refractivity contribution in [1.29, 1.82) is 0 Å². The van der Waals surface area contributed by atoms with Gasteiger partial charge in [-0.25, -0.2) is 0 Å². The fourth-order valence-electron chi connectivity index (χ4n) is 1.17. The molecule has 0 aromatic rings. The van der Waals surface area contributed by atoms with Crippen molar-refractivity contribution in [3.05, 3.63) is 0 Å². The molecule has 0 aromatic carbocycles. The summed E-state index contributed by atoms with van der Waals surface area (Å²) in [5, 5.41) is 2.78. The molecular formula is C6H11BN2O2. The molecule has 5 heteroatoms. The number of imide groups is 1. The van der Waals surface area contributed by atoms with Crippen LogP contribution in [0.5, 0.6) is 0 Å². The van der Waals surface area contributed by atoms with Gasteiger partial charge < -0.3 is 5.32 Å². The molecule has 1 aliphatic heterocycles. The Hall–Kier alpha value is -0.835. The van der Waals surface area contributed by atoms with Gasteiger partial charge in [-0.2, -0.15) is 0 Å². The predicted molar refractivity (Wildman–Crippen MR) is 42.7 cm³/mol. The molecule has 1 rings (SSSR count). The highest BCUT2D eigenvalue weighted by Crippen LogP contribution is 2.20. The second-order valence-electron chi connectivity index (χ2n) is 2.78. The van der Waals surface area contributed by atoms with Crippen molar-refractivity contribution in [2.75, 3.05) is 13.7 Å².